The molecule has 2 aromatic carbocycles. The van der Waals surface area contributed by atoms with Crippen molar-refractivity contribution in [1.29, 1.82) is 0 Å². The summed E-state index contributed by atoms with van der Waals surface area (Å²) in [4.78, 5) is 25.7. The third kappa shape index (κ3) is 4.00. The Balaban J connectivity index is 0.00000289. The fraction of sp³-hybridized carbons (Fsp3) is 0.304. The van der Waals surface area contributed by atoms with Crippen LogP contribution in [0, 0.1) is 17.0 Å². The number of rotatable bonds is 7. The predicted molar refractivity (Wildman–Crippen MR) is 119 cm³/mol. The van der Waals surface area contributed by atoms with Crippen LogP contribution in [-0.2, 0) is 9.47 Å². The zero-order valence-electron chi connectivity index (χ0n) is 17.4. The smallest absolute Gasteiger partial charge is 0.273 e. The molecule has 1 N–H and O–H groups in total. The summed E-state index contributed by atoms with van der Waals surface area (Å²) in [6, 6.07) is 13.7. The number of nitrogens with one attached hydrogen (secondary N) is 1. The van der Waals surface area contributed by atoms with Crippen molar-refractivity contribution in [1.82, 2.24) is 15.1 Å². The number of nitro benzene ring substituents is 1. The van der Waals surface area contributed by atoms with Crippen molar-refractivity contribution < 1.29 is 19.2 Å². The molecule has 9 nitrogen and oxygen atoms in total. The van der Waals surface area contributed by atoms with Gasteiger partial charge in [-0.1, -0.05) is 49.4 Å². The van der Waals surface area contributed by atoms with Gasteiger partial charge in [-0.05, 0) is 12.5 Å². The van der Waals surface area contributed by atoms with Crippen LogP contribution in [0.5, 0.6) is 0 Å². The lowest BCUT2D eigenvalue weighted by Gasteiger charge is -2.29. The first-order valence-electron chi connectivity index (χ1n) is 9.70. The molecule has 1 atom stereocenters. The number of H-pyrrole nitrogens is 1. The van der Waals surface area contributed by atoms with E-state index in [9.17, 15) is 14.9 Å². The Bertz CT molecular complexity index is 1120. The van der Waals surface area contributed by atoms with Crippen molar-refractivity contribution in [2.75, 3.05) is 20.8 Å². The predicted octanol–water partition coefficient (Wildman–Crippen LogP) is 4.09. The highest BCUT2D eigenvalue weighted by Gasteiger charge is 2.43. The maximum atomic E-state index is 13.3. The first-order valence-corrected chi connectivity index (χ1v) is 9.70. The molecule has 0 spiro atoms. The monoisotopic (exact) mass is 438 g/mol. The van der Waals surface area contributed by atoms with Crippen molar-refractivity contribution in [2.45, 2.75) is 26.7 Å². The van der Waals surface area contributed by atoms with Gasteiger partial charge in [-0.15, -0.1) is 0 Å². The lowest BCUT2D eigenvalue weighted by Crippen LogP contribution is -2.38. The minimum atomic E-state index is -0.602. The number of non-ortho nitro benzene ring substituents is 1. The highest BCUT2D eigenvalue weighted by atomic mass is 16.7. The number of ether oxygens (including phenoxy) is 2. The maximum absolute atomic E-state index is 13.3. The number of fused-ring (bicyclic) bond motifs is 1. The van der Waals surface area contributed by atoms with E-state index in [0.717, 1.165) is 11.1 Å². The van der Waals surface area contributed by atoms with Crippen molar-refractivity contribution in [2.24, 2.45) is 0 Å². The molecule has 0 saturated heterocycles. The molecule has 4 rings (SSSR count). The second kappa shape index (κ2) is 9.29. The molecule has 1 aliphatic rings. The van der Waals surface area contributed by atoms with Gasteiger partial charge >= 0.3 is 0 Å². The molecule has 0 aliphatic carbocycles. The number of nitrogens with zero attached hydrogens (tertiary/aromatic N) is 3. The summed E-state index contributed by atoms with van der Waals surface area (Å²) in [7, 11) is 3.04. The van der Waals surface area contributed by atoms with Gasteiger partial charge < -0.3 is 14.4 Å². The molecule has 1 aromatic heterocycles. The van der Waals surface area contributed by atoms with E-state index >= 15 is 0 Å². The van der Waals surface area contributed by atoms with E-state index in [2.05, 4.69) is 10.2 Å². The molecule has 2 heterocycles. The topological polar surface area (TPSA) is 111 Å². The average molecular weight is 438 g/mol. The summed E-state index contributed by atoms with van der Waals surface area (Å²) >= 11 is 0. The van der Waals surface area contributed by atoms with Crippen molar-refractivity contribution >= 4 is 11.6 Å². The molecule has 1 unspecified atom stereocenters. The zero-order valence-corrected chi connectivity index (χ0v) is 17.4. The molecule has 3 aromatic rings. The molecule has 168 valence electrons. The molecule has 9 heteroatoms. The molecule has 1 aliphatic heterocycles. The zero-order chi connectivity index (χ0) is 22.1. The Morgan fingerprint density at radius 2 is 1.88 bits per heavy atom. The van der Waals surface area contributed by atoms with E-state index in [1.807, 2.05) is 31.2 Å². The summed E-state index contributed by atoms with van der Waals surface area (Å²) < 4.78 is 10.7. The summed E-state index contributed by atoms with van der Waals surface area (Å²) in [6.07, 6.45) is -0.602. The molecule has 1 amide bonds. The Morgan fingerprint density at radius 1 is 1.19 bits per heavy atom. The van der Waals surface area contributed by atoms with Gasteiger partial charge in [-0.3, -0.25) is 20.0 Å². The van der Waals surface area contributed by atoms with Gasteiger partial charge in [-0.25, -0.2) is 0 Å². The largest absolute Gasteiger partial charge is 0.354 e. The summed E-state index contributed by atoms with van der Waals surface area (Å²) in [5, 5.41) is 18.4. The van der Waals surface area contributed by atoms with Crippen LogP contribution in [-0.4, -0.2) is 53.0 Å². The summed E-state index contributed by atoms with van der Waals surface area (Å²) in [5.41, 5.74) is 4.06. The summed E-state index contributed by atoms with van der Waals surface area (Å²) in [6.45, 7) is 2.20. The van der Waals surface area contributed by atoms with Crippen molar-refractivity contribution in [3.8, 4) is 11.3 Å². The molecule has 0 saturated carbocycles. The Kier molecular flexibility index (Phi) is 6.71. The van der Waals surface area contributed by atoms with Crippen LogP contribution >= 0.6 is 0 Å². The molecular formula is C23H26N4O5. The molecule has 0 fully saturated rings. The first-order chi connectivity index (χ1) is 14.9. The highest BCUT2D eigenvalue weighted by Crippen LogP contribution is 2.43. The van der Waals surface area contributed by atoms with Gasteiger partial charge in [0.15, 0.2) is 6.29 Å². The van der Waals surface area contributed by atoms with Gasteiger partial charge in [-0.2, -0.15) is 5.10 Å². The van der Waals surface area contributed by atoms with Crippen LogP contribution in [0.3, 0.4) is 0 Å². The lowest BCUT2D eigenvalue weighted by molar-refractivity contribution is -0.384. The Labute approximate surface area is 186 Å². The molecule has 32 heavy (non-hydrogen) atoms. The Hall–Kier alpha value is -3.56. The first kappa shape index (κ1) is 23.1. The number of aromatic nitrogens is 2. The van der Waals surface area contributed by atoms with Crippen molar-refractivity contribution in [3.05, 3.63) is 81.0 Å². The normalized spacial score (nSPS) is 15.1. The SMILES string of the molecule is C.COC(CN1C(=O)c2[nH]nc(-c3cccc([N+](=O)[O-])c3)c2C1c1ccc(C)cc1)OC. The number of amides is 1. The second-order valence-electron chi connectivity index (χ2n) is 7.34. The number of carbonyl (C=O) groups is 1. The second-order valence-corrected chi connectivity index (χ2v) is 7.34. The van der Waals surface area contributed by atoms with Gasteiger partial charge in [0.2, 0.25) is 0 Å². The number of nitro groups is 1. The van der Waals surface area contributed by atoms with Crippen LogP contribution in [0.1, 0.15) is 40.6 Å². The number of aryl methyl sites for hydroxylation is 1. The van der Waals surface area contributed by atoms with Crippen LogP contribution in [0.15, 0.2) is 48.5 Å². The standard InChI is InChI=1S/C22H22N4O5.CH4/c1-13-7-9-14(10-8-13)21-18-19(15-5-4-6-16(11-15)26(28)29)23-24-20(18)22(27)25(21)12-17(30-2)31-3;/h4-11,17,21H,12H2,1-3H3,(H,23,24);1H4. The van der Waals surface area contributed by atoms with E-state index < -0.39 is 17.3 Å². The van der Waals surface area contributed by atoms with Gasteiger partial charge in [0.25, 0.3) is 11.6 Å². The average Bonchev–Trinajstić information content (AvgIpc) is 3.32. The van der Waals surface area contributed by atoms with Crippen LogP contribution < -0.4 is 0 Å². The number of methoxy groups -OCH3 is 2. The van der Waals surface area contributed by atoms with Gasteiger partial charge in [0.1, 0.15) is 5.69 Å². The minimum absolute atomic E-state index is 0. The van der Waals surface area contributed by atoms with E-state index in [-0.39, 0.29) is 25.6 Å². The fourth-order valence-electron chi connectivity index (χ4n) is 3.87. The third-order valence-corrected chi connectivity index (χ3v) is 5.46. The van der Waals surface area contributed by atoms with Crippen LogP contribution in [0.25, 0.3) is 11.3 Å². The molecular weight excluding hydrogens is 412 g/mol. The molecule has 0 bridgehead atoms. The van der Waals surface area contributed by atoms with Crippen LogP contribution in [0.4, 0.5) is 5.69 Å². The lowest BCUT2D eigenvalue weighted by atomic mass is 9.95. The Morgan fingerprint density at radius 3 is 2.50 bits per heavy atom. The van der Waals surface area contributed by atoms with E-state index in [0.29, 0.717) is 22.5 Å². The fourth-order valence-corrected chi connectivity index (χ4v) is 3.87. The summed E-state index contributed by atoms with van der Waals surface area (Å²) in [5.74, 6) is -0.233. The number of benzene rings is 2. The quantitative estimate of drug-likeness (QED) is 0.338. The number of aromatic amines is 1. The number of hydrogen-bond donors (Lipinski definition) is 1. The third-order valence-electron chi connectivity index (χ3n) is 5.46. The van der Waals surface area contributed by atoms with Gasteiger partial charge in [0, 0.05) is 37.5 Å². The van der Waals surface area contributed by atoms with Gasteiger partial charge in [0.05, 0.1) is 23.2 Å². The molecule has 0 radical (unpaired) electrons. The highest BCUT2D eigenvalue weighted by molar-refractivity contribution is 6.00. The van der Waals surface area contributed by atoms with E-state index in [1.165, 1.54) is 26.4 Å². The van der Waals surface area contributed by atoms with E-state index in [4.69, 9.17) is 9.47 Å². The maximum Gasteiger partial charge on any atom is 0.273 e. The van der Waals surface area contributed by atoms with Crippen LogP contribution in [0.2, 0.25) is 0 Å². The minimum Gasteiger partial charge on any atom is -0.354 e. The van der Waals surface area contributed by atoms with Crippen molar-refractivity contribution in [3.63, 3.8) is 0 Å². The van der Waals surface area contributed by atoms with E-state index in [1.54, 1.807) is 17.0 Å². The number of carbonyl (C=O) groups excluding carboxylic acids is 1. The number of hydrogen-bond acceptors (Lipinski definition) is 6.